The summed E-state index contributed by atoms with van der Waals surface area (Å²) in [6.45, 7) is 0. The van der Waals surface area contributed by atoms with E-state index in [1.165, 1.54) is 18.4 Å². The maximum Gasteiger partial charge on any atom is 0.307 e. The van der Waals surface area contributed by atoms with Gasteiger partial charge >= 0.3 is 5.97 Å². The topological polar surface area (TPSA) is 55.4 Å². The minimum atomic E-state index is -0.434. The number of thiophene rings is 1. The van der Waals surface area contributed by atoms with E-state index in [0.717, 1.165) is 4.88 Å². The van der Waals surface area contributed by atoms with Crippen LogP contribution in [0.1, 0.15) is 22.9 Å². The molecule has 1 atom stereocenters. The molecule has 0 saturated heterocycles. The molecule has 2 aromatic rings. The summed E-state index contributed by atoms with van der Waals surface area (Å²) in [5.74, 6) is -0.651. The number of ether oxygens (including phenoxy) is 1. The van der Waals surface area contributed by atoms with Crippen LogP contribution in [0.25, 0.3) is 0 Å². The van der Waals surface area contributed by atoms with Crippen molar-refractivity contribution in [2.24, 2.45) is 0 Å². The van der Waals surface area contributed by atoms with Crippen LogP contribution in [0.15, 0.2) is 35.7 Å². The average Bonchev–Trinajstić information content (AvgIpc) is 3.04. The van der Waals surface area contributed by atoms with Crippen LogP contribution in [0.3, 0.4) is 0 Å². The third kappa shape index (κ3) is 4.96. The molecule has 1 unspecified atom stereocenters. The number of esters is 1. The van der Waals surface area contributed by atoms with Crippen LogP contribution in [0.5, 0.6) is 0 Å². The van der Waals surface area contributed by atoms with Gasteiger partial charge in [-0.05, 0) is 29.1 Å². The Morgan fingerprint density at radius 2 is 1.91 bits per heavy atom. The molecular formula is C16H15Cl2NO3S. The zero-order chi connectivity index (χ0) is 16.8. The lowest BCUT2D eigenvalue weighted by molar-refractivity contribution is -0.141. The average molecular weight is 372 g/mol. The molecule has 0 aliphatic carbocycles. The lowest BCUT2D eigenvalue weighted by Crippen LogP contribution is -2.31. The number of hydrogen-bond donors (Lipinski definition) is 1. The van der Waals surface area contributed by atoms with Gasteiger partial charge in [0.1, 0.15) is 0 Å². The second-order valence-corrected chi connectivity index (χ2v) is 6.59. The number of hydrogen-bond acceptors (Lipinski definition) is 4. The Hall–Kier alpha value is -1.56. The molecule has 1 amide bonds. The van der Waals surface area contributed by atoms with Gasteiger partial charge in [-0.25, -0.2) is 0 Å². The Labute approximate surface area is 148 Å². The van der Waals surface area contributed by atoms with Crippen LogP contribution in [0, 0.1) is 0 Å². The van der Waals surface area contributed by atoms with E-state index in [2.05, 4.69) is 10.1 Å². The Morgan fingerprint density at radius 3 is 2.48 bits per heavy atom. The van der Waals surface area contributed by atoms with E-state index < -0.39 is 6.04 Å². The number of carbonyl (C=O) groups excluding carboxylic acids is 2. The molecule has 0 aliphatic heterocycles. The molecule has 0 radical (unpaired) electrons. The highest BCUT2D eigenvalue weighted by molar-refractivity contribution is 7.10. The molecule has 0 fully saturated rings. The molecule has 4 nitrogen and oxygen atoms in total. The summed E-state index contributed by atoms with van der Waals surface area (Å²) in [6, 6.07) is 8.37. The summed E-state index contributed by atoms with van der Waals surface area (Å²) in [5.41, 5.74) is 0.566. The van der Waals surface area contributed by atoms with Gasteiger partial charge < -0.3 is 10.1 Å². The first kappa shape index (κ1) is 17.8. The van der Waals surface area contributed by atoms with Crippen LogP contribution in [-0.4, -0.2) is 19.0 Å². The van der Waals surface area contributed by atoms with Gasteiger partial charge in [-0.15, -0.1) is 11.3 Å². The number of amides is 1. The van der Waals surface area contributed by atoms with Gasteiger partial charge in [-0.3, -0.25) is 9.59 Å². The van der Waals surface area contributed by atoms with E-state index in [1.54, 1.807) is 18.2 Å². The Kier molecular flexibility index (Phi) is 6.45. The van der Waals surface area contributed by atoms with Crippen molar-refractivity contribution < 1.29 is 14.3 Å². The number of rotatable bonds is 6. The maximum absolute atomic E-state index is 12.3. The van der Waals surface area contributed by atoms with Crippen molar-refractivity contribution in [1.82, 2.24) is 5.32 Å². The van der Waals surface area contributed by atoms with E-state index in [-0.39, 0.29) is 24.7 Å². The molecule has 1 N–H and O–H groups in total. The SMILES string of the molecule is COC(=O)CC(NC(=O)Cc1c(Cl)cccc1Cl)c1cccs1. The van der Waals surface area contributed by atoms with Crippen molar-refractivity contribution in [1.29, 1.82) is 0 Å². The summed E-state index contributed by atoms with van der Waals surface area (Å²) in [6.07, 6.45) is 0.112. The third-order valence-electron chi connectivity index (χ3n) is 3.22. The van der Waals surface area contributed by atoms with Crippen molar-refractivity contribution >= 4 is 46.4 Å². The molecule has 23 heavy (non-hydrogen) atoms. The van der Waals surface area contributed by atoms with E-state index >= 15 is 0 Å². The second-order valence-electron chi connectivity index (χ2n) is 4.79. The summed E-state index contributed by atoms with van der Waals surface area (Å²) in [5, 5.41) is 5.60. The van der Waals surface area contributed by atoms with Gasteiger partial charge in [0.25, 0.3) is 0 Å². The van der Waals surface area contributed by atoms with Crippen molar-refractivity contribution in [3.05, 3.63) is 56.2 Å². The molecule has 0 spiro atoms. The normalized spacial score (nSPS) is 11.8. The van der Waals surface area contributed by atoms with Crippen LogP contribution in [0.4, 0.5) is 0 Å². The predicted molar refractivity (Wildman–Crippen MR) is 92.0 cm³/mol. The standard InChI is InChI=1S/C16H15Cl2NO3S/c1-22-16(21)9-13(14-6-3-7-23-14)19-15(20)8-10-11(17)4-2-5-12(10)18/h2-7,13H,8-9H2,1H3,(H,19,20). The van der Waals surface area contributed by atoms with Gasteiger partial charge in [0.2, 0.25) is 5.91 Å². The van der Waals surface area contributed by atoms with Crippen LogP contribution in [-0.2, 0) is 20.7 Å². The number of halogens is 2. The first-order valence-electron chi connectivity index (χ1n) is 6.83. The first-order chi connectivity index (χ1) is 11.0. The fraction of sp³-hybridized carbons (Fsp3) is 0.250. The van der Waals surface area contributed by atoms with Crippen molar-refractivity contribution in [2.75, 3.05) is 7.11 Å². The van der Waals surface area contributed by atoms with Crippen molar-refractivity contribution in [3.8, 4) is 0 Å². The maximum atomic E-state index is 12.3. The number of benzene rings is 1. The third-order valence-corrected chi connectivity index (χ3v) is 4.91. The van der Waals surface area contributed by atoms with Gasteiger partial charge in [0, 0.05) is 14.9 Å². The zero-order valence-corrected chi connectivity index (χ0v) is 14.7. The zero-order valence-electron chi connectivity index (χ0n) is 12.3. The molecule has 122 valence electrons. The molecule has 0 bridgehead atoms. The van der Waals surface area contributed by atoms with Crippen molar-refractivity contribution in [2.45, 2.75) is 18.9 Å². The second kappa shape index (κ2) is 8.34. The number of nitrogens with one attached hydrogen (secondary N) is 1. The van der Waals surface area contributed by atoms with Gasteiger partial charge in [-0.1, -0.05) is 35.3 Å². The summed E-state index contributed by atoms with van der Waals surface area (Å²) in [4.78, 5) is 24.8. The molecular weight excluding hydrogens is 357 g/mol. The van der Waals surface area contributed by atoms with Crippen LogP contribution in [0.2, 0.25) is 10.0 Å². The minimum absolute atomic E-state index is 0.0432. The minimum Gasteiger partial charge on any atom is -0.469 e. The van der Waals surface area contributed by atoms with E-state index in [1.807, 2.05) is 17.5 Å². The van der Waals surface area contributed by atoms with Gasteiger partial charge in [0.15, 0.2) is 0 Å². The molecule has 1 aromatic carbocycles. The Balaban J connectivity index is 2.10. The Morgan fingerprint density at radius 1 is 1.22 bits per heavy atom. The largest absolute Gasteiger partial charge is 0.469 e. The monoisotopic (exact) mass is 371 g/mol. The number of methoxy groups -OCH3 is 1. The molecule has 1 heterocycles. The molecule has 1 aromatic heterocycles. The quantitative estimate of drug-likeness (QED) is 0.780. The lowest BCUT2D eigenvalue weighted by atomic mass is 10.1. The summed E-state index contributed by atoms with van der Waals surface area (Å²) >= 11 is 13.6. The van der Waals surface area contributed by atoms with Crippen LogP contribution < -0.4 is 5.32 Å². The Bertz CT molecular complexity index is 668. The van der Waals surface area contributed by atoms with Crippen molar-refractivity contribution in [3.63, 3.8) is 0 Å². The van der Waals surface area contributed by atoms with E-state index in [0.29, 0.717) is 15.6 Å². The fourth-order valence-electron chi connectivity index (χ4n) is 2.07. The molecule has 0 saturated carbocycles. The van der Waals surface area contributed by atoms with Crippen LogP contribution >= 0.6 is 34.5 Å². The van der Waals surface area contributed by atoms with Gasteiger partial charge in [0.05, 0.1) is 26.0 Å². The highest BCUT2D eigenvalue weighted by Crippen LogP contribution is 2.26. The first-order valence-corrected chi connectivity index (χ1v) is 8.47. The fourth-order valence-corrected chi connectivity index (χ4v) is 3.38. The molecule has 2 rings (SSSR count). The highest BCUT2D eigenvalue weighted by atomic mass is 35.5. The number of carbonyl (C=O) groups is 2. The van der Waals surface area contributed by atoms with E-state index in [4.69, 9.17) is 23.2 Å². The molecule has 0 aliphatic rings. The van der Waals surface area contributed by atoms with E-state index in [9.17, 15) is 9.59 Å². The smallest absolute Gasteiger partial charge is 0.307 e. The molecule has 7 heteroatoms. The lowest BCUT2D eigenvalue weighted by Gasteiger charge is -2.17. The predicted octanol–water partition coefficient (Wildman–Crippen LogP) is 4.02. The summed E-state index contributed by atoms with van der Waals surface area (Å²) in [7, 11) is 1.32. The highest BCUT2D eigenvalue weighted by Gasteiger charge is 2.21. The van der Waals surface area contributed by atoms with Gasteiger partial charge in [-0.2, -0.15) is 0 Å². The summed E-state index contributed by atoms with van der Waals surface area (Å²) < 4.78 is 4.69.